The minimum atomic E-state index is 0.158. The zero-order valence-corrected chi connectivity index (χ0v) is 15.5. The molecular weight excluding hydrogens is 334 g/mol. The number of aromatic nitrogens is 3. The van der Waals surface area contributed by atoms with Crippen LogP contribution in [0.5, 0.6) is 0 Å². The van der Waals surface area contributed by atoms with Crippen LogP contribution in [-0.4, -0.2) is 52.2 Å². The molecule has 2 aromatic rings. The minimum Gasteiger partial charge on any atom is -0.370 e. The first-order chi connectivity index (χ1) is 12.1. The van der Waals surface area contributed by atoms with Gasteiger partial charge in [-0.1, -0.05) is 11.3 Å². The van der Waals surface area contributed by atoms with E-state index in [1.165, 1.54) is 12.8 Å². The van der Waals surface area contributed by atoms with Crippen LogP contribution in [0.4, 0.5) is 5.69 Å². The van der Waals surface area contributed by atoms with Crippen molar-refractivity contribution in [3.05, 3.63) is 23.5 Å². The number of anilines is 1. The number of carbonyl (C=O) groups is 1. The second-order valence-corrected chi connectivity index (χ2v) is 8.14. The van der Waals surface area contributed by atoms with E-state index in [-0.39, 0.29) is 5.92 Å². The molecule has 2 fully saturated rings. The van der Waals surface area contributed by atoms with Crippen molar-refractivity contribution >= 4 is 22.9 Å². The number of amides is 1. The third kappa shape index (κ3) is 3.38. The molecule has 0 radical (unpaired) electrons. The van der Waals surface area contributed by atoms with Crippen molar-refractivity contribution < 1.29 is 4.79 Å². The molecule has 1 aliphatic carbocycles. The molecule has 0 atom stereocenters. The van der Waals surface area contributed by atoms with E-state index in [2.05, 4.69) is 20.1 Å². The number of hydrogen-bond donors (Lipinski definition) is 0. The maximum atomic E-state index is 12.6. The Kier molecular flexibility index (Phi) is 4.41. The van der Waals surface area contributed by atoms with Crippen molar-refractivity contribution in [2.45, 2.75) is 38.6 Å². The summed E-state index contributed by atoms with van der Waals surface area (Å²) in [4.78, 5) is 21.2. The fourth-order valence-electron chi connectivity index (χ4n) is 3.52. The van der Waals surface area contributed by atoms with E-state index in [9.17, 15) is 4.79 Å². The molecule has 0 spiro atoms. The van der Waals surface area contributed by atoms with E-state index < -0.39 is 0 Å². The molecule has 0 aromatic carbocycles. The maximum Gasteiger partial charge on any atom is 0.225 e. The van der Waals surface area contributed by atoms with E-state index in [1.54, 1.807) is 17.5 Å². The Morgan fingerprint density at radius 2 is 2.00 bits per heavy atom. The van der Waals surface area contributed by atoms with Crippen molar-refractivity contribution in [3.63, 3.8) is 0 Å². The largest absolute Gasteiger partial charge is 0.370 e. The summed E-state index contributed by atoms with van der Waals surface area (Å²) in [5, 5.41) is 10.3. The standard InChI is InChI=1S/C18H23N5OS/c1-12-20-21-17(25-12)15-5-8-19-11-16(15)23-9-6-13(7-10-23)18(24)22(2)14-3-4-14/h5,8,11,13-14H,3-4,6-7,9-10H2,1-2H3. The Morgan fingerprint density at radius 1 is 1.24 bits per heavy atom. The van der Waals surface area contributed by atoms with E-state index in [4.69, 9.17) is 0 Å². The quantitative estimate of drug-likeness (QED) is 0.842. The summed E-state index contributed by atoms with van der Waals surface area (Å²) >= 11 is 1.60. The molecule has 0 unspecified atom stereocenters. The third-order valence-electron chi connectivity index (χ3n) is 5.18. The Bertz CT molecular complexity index is 764. The lowest BCUT2D eigenvalue weighted by Crippen LogP contribution is -2.42. The highest BCUT2D eigenvalue weighted by Crippen LogP contribution is 2.35. The Morgan fingerprint density at radius 3 is 2.64 bits per heavy atom. The summed E-state index contributed by atoms with van der Waals surface area (Å²) in [5.74, 6) is 0.485. The summed E-state index contributed by atoms with van der Waals surface area (Å²) in [6.07, 6.45) is 7.85. The van der Waals surface area contributed by atoms with Crippen LogP contribution in [0.3, 0.4) is 0 Å². The summed E-state index contributed by atoms with van der Waals surface area (Å²) in [7, 11) is 1.96. The maximum absolute atomic E-state index is 12.6. The smallest absolute Gasteiger partial charge is 0.225 e. The summed E-state index contributed by atoms with van der Waals surface area (Å²) < 4.78 is 0. The van der Waals surface area contributed by atoms with Crippen molar-refractivity contribution in [1.82, 2.24) is 20.1 Å². The molecule has 7 heteroatoms. The van der Waals surface area contributed by atoms with Crippen LogP contribution in [0.15, 0.2) is 18.5 Å². The van der Waals surface area contributed by atoms with Gasteiger partial charge in [-0.25, -0.2) is 0 Å². The molecule has 2 aliphatic rings. The van der Waals surface area contributed by atoms with Gasteiger partial charge in [-0.15, -0.1) is 10.2 Å². The van der Waals surface area contributed by atoms with Crippen LogP contribution in [0.25, 0.3) is 10.6 Å². The second-order valence-electron chi connectivity index (χ2n) is 6.96. The van der Waals surface area contributed by atoms with E-state index in [0.717, 1.165) is 47.2 Å². The van der Waals surface area contributed by atoms with Gasteiger partial charge in [0.15, 0.2) is 0 Å². The number of piperidine rings is 1. The van der Waals surface area contributed by atoms with Crippen molar-refractivity contribution in [2.24, 2.45) is 5.92 Å². The second kappa shape index (κ2) is 6.71. The molecule has 6 nitrogen and oxygen atoms in total. The van der Waals surface area contributed by atoms with Crippen LogP contribution >= 0.6 is 11.3 Å². The molecular formula is C18H23N5OS. The lowest BCUT2D eigenvalue weighted by atomic mass is 9.94. The number of carbonyl (C=O) groups excluding carboxylic acids is 1. The van der Waals surface area contributed by atoms with Crippen LogP contribution in [0.2, 0.25) is 0 Å². The molecule has 0 bridgehead atoms. The minimum absolute atomic E-state index is 0.158. The van der Waals surface area contributed by atoms with Crippen molar-refractivity contribution in [1.29, 1.82) is 0 Å². The van der Waals surface area contributed by atoms with Crippen molar-refractivity contribution in [2.75, 3.05) is 25.0 Å². The highest BCUT2D eigenvalue weighted by Gasteiger charge is 2.35. The highest BCUT2D eigenvalue weighted by atomic mass is 32.1. The monoisotopic (exact) mass is 357 g/mol. The molecule has 132 valence electrons. The van der Waals surface area contributed by atoms with Gasteiger partial charge in [0, 0.05) is 43.9 Å². The molecule has 1 aliphatic heterocycles. The number of hydrogen-bond acceptors (Lipinski definition) is 6. The van der Waals surface area contributed by atoms with E-state index in [1.807, 2.05) is 31.1 Å². The number of nitrogens with zero attached hydrogens (tertiary/aromatic N) is 5. The van der Waals surface area contributed by atoms with Gasteiger partial charge < -0.3 is 9.80 Å². The molecule has 1 saturated heterocycles. The Labute approximate surface area is 151 Å². The zero-order valence-electron chi connectivity index (χ0n) is 14.7. The molecule has 2 aromatic heterocycles. The van der Waals surface area contributed by atoms with Crippen LogP contribution in [0, 0.1) is 12.8 Å². The first-order valence-corrected chi connectivity index (χ1v) is 9.71. The highest BCUT2D eigenvalue weighted by molar-refractivity contribution is 7.14. The average Bonchev–Trinajstić information content (AvgIpc) is 3.41. The van der Waals surface area contributed by atoms with Gasteiger partial charge >= 0.3 is 0 Å². The Balaban J connectivity index is 1.47. The van der Waals surface area contributed by atoms with E-state index >= 15 is 0 Å². The molecule has 4 rings (SSSR count). The molecule has 1 saturated carbocycles. The topological polar surface area (TPSA) is 62.2 Å². The number of rotatable bonds is 4. The summed E-state index contributed by atoms with van der Waals surface area (Å²) in [6, 6.07) is 2.50. The predicted octanol–water partition coefficient (Wildman–Crippen LogP) is 2.75. The fraction of sp³-hybridized carbons (Fsp3) is 0.556. The molecule has 1 amide bonds. The summed E-state index contributed by atoms with van der Waals surface area (Å²) in [6.45, 7) is 3.73. The summed E-state index contributed by atoms with van der Waals surface area (Å²) in [5.41, 5.74) is 2.18. The van der Waals surface area contributed by atoms with Crippen LogP contribution in [0.1, 0.15) is 30.7 Å². The molecule has 25 heavy (non-hydrogen) atoms. The normalized spacial score (nSPS) is 18.4. The average molecular weight is 357 g/mol. The Hall–Kier alpha value is -2.02. The van der Waals surface area contributed by atoms with Gasteiger partial charge in [-0.05, 0) is 38.7 Å². The van der Waals surface area contributed by atoms with Crippen LogP contribution in [-0.2, 0) is 4.79 Å². The van der Waals surface area contributed by atoms with Gasteiger partial charge in [0.1, 0.15) is 10.0 Å². The van der Waals surface area contributed by atoms with E-state index in [0.29, 0.717) is 11.9 Å². The molecule has 3 heterocycles. The SMILES string of the molecule is Cc1nnc(-c2ccncc2N2CCC(C(=O)N(C)C3CC3)CC2)s1. The van der Waals surface area contributed by atoms with Gasteiger partial charge in [0.05, 0.1) is 11.9 Å². The third-order valence-corrected chi connectivity index (χ3v) is 6.06. The van der Waals surface area contributed by atoms with Gasteiger partial charge in [-0.3, -0.25) is 9.78 Å². The fourth-order valence-corrected chi connectivity index (χ4v) is 4.25. The van der Waals surface area contributed by atoms with Crippen molar-refractivity contribution in [3.8, 4) is 10.6 Å². The van der Waals surface area contributed by atoms with Gasteiger partial charge in [0.2, 0.25) is 5.91 Å². The van der Waals surface area contributed by atoms with Crippen LogP contribution < -0.4 is 4.90 Å². The number of aryl methyl sites for hydroxylation is 1. The lowest BCUT2D eigenvalue weighted by molar-refractivity contribution is -0.135. The van der Waals surface area contributed by atoms with Gasteiger partial charge in [0.25, 0.3) is 0 Å². The van der Waals surface area contributed by atoms with Gasteiger partial charge in [-0.2, -0.15) is 0 Å². The zero-order chi connectivity index (χ0) is 17.4. The first-order valence-electron chi connectivity index (χ1n) is 8.89. The lowest BCUT2D eigenvalue weighted by Gasteiger charge is -2.35. The first kappa shape index (κ1) is 16.4. The number of pyridine rings is 1. The molecule has 0 N–H and O–H groups in total. The predicted molar refractivity (Wildman–Crippen MR) is 98.6 cm³/mol.